The Morgan fingerprint density at radius 2 is 1.67 bits per heavy atom. The van der Waals surface area contributed by atoms with E-state index in [4.69, 9.17) is 4.74 Å². The molecule has 0 radical (unpaired) electrons. The Kier molecular flexibility index (Phi) is 5.39. The number of ether oxygens (including phenoxy) is 1. The van der Waals surface area contributed by atoms with Crippen molar-refractivity contribution in [1.29, 1.82) is 0 Å². The number of anilines is 1. The smallest absolute Gasteiger partial charge is 0.338 e. The molecule has 1 atom stereocenters. The van der Waals surface area contributed by atoms with Crippen LogP contribution in [0.15, 0.2) is 60.7 Å². The molecule has 1 N–H and O–H groups in total. The molecule has 0 fully saturated rings. The van der Waals surface area contributed by atoms with Crippen molar-refractivity contribution in [2.24, 2.45) is 0 Å². The van der Waals surface area contributed by atoms with Gasteiger partial charge in [-0.1, -0.05) is 52.3 Å². The lowest BCUT2D eigenvalue weighted by molar-refractivity contribution is 0.00697. The fourth-order valence-corrected chi connectivity index (χ4v) is 2.13. The van der Waals surface area contributed by atoms with Crippen molar-refractivity contribution < 1.29 is 9.53 Å². The summed E-state index contributed by atoms with van der Waals surface area (Å²) < 4.78 is 5.65. The van der Waals surface area contributed by atoms with E-state index in [1.165, 1.54) is 0 Å². The maximum absolute atomic E-state index is 12.2. The molecule has 0 saturated heterocycles. The number of para-hydroxylation sites is 1. The molecule has 0 aliphatic carbocycles. The fourth-order valence-electron chi connectivity index (χ4n) is 1.81. The third kappa shape index (κ3) is 4.60. The van der Waals surface area contributed by atoms with Crippen molar-refractivity contribution in [1.82, 2.24) is 0 Å². The summed E-state index contributed by atoms with van der Waals surface area (Å²) in [7, 11) is 0. The van der Waals surface area contributed by atoms with E-state index in [1.54, 1.807) is 12.1 Å². The van der Waals surface area contributed by atoms with Gasteiger partial charge in [0.15, 0.2) is 0 Å². The van der Waals surface area contributed by atoms with Gasteiger partial charge in [0.2, 0.25) is 0 Å². The van der Waals surface area contributed by atoms with Crippen molar-refractivity contribution in [3.8, 4) is 0 Å². The standard InChI is InChI=1S/C17H18BrNO2/c1-17(12-18,13-19-15-10-6-3-7-11-15)21-16(20)14-8-4-2-5-9-14/h2-11,19H,12-13H2,1H3. The van der Waals surface area contributed by atoms with Crippen molar-refractivity contribution >= 4 is 27.6 Å². The first-order valence-corrected chi connectivity index (χ1v) is 7.88. The van der Waals surface area contributed by atoms with Gasteiger partial charge in [0.05, 0.1) is 12.1 Å². The fraction of sp³-hybridized carbons (Fsp3) is 0.235. The Morgan fingerprint density at radius 1 is 1.10 bits per heavy atom. The van der Waals surface area contributed by atoms with Gasteiger partial charge in [-0.2, -0.15) is 0 Å². The van der Waals surface area contributed by atoms with Gasteiger partial charge in [-0.3, -0.25) is 0 Å². The summed E-state index contributed by atoms with van der Waals surface area (Å²) in [5.41, 5.74) is 0.938. The molecule has 0 amide bonds. The molecule has 0 spiro atoms. The lowest BCUT2D eigenvalue weighted by Crippen LogP contribution is -2.40. The van der Waals surface area contributed by atoms with Gasteiger partial charge in [0.25, 0.3) is 0 Å². The number of hydrogen-bond acceptors (Lipinski definition) is 3. The van der Waals surface area contributed by atoms with Crippen molar-refractivity contribution in [2.45, 2.75) is 12.5 Å². The number of benzene rings is 2. The number of nitrogens with one attached hydrogen (secondary N) is 1. The van der Waals surface area contributed by atoms with Crippen LogP contribution >= 0.6 is 15.9 Å². The molecule has 0 heterocycles. The van der Waals surface area contributed by atoms with E-state index in [9.17, 15) is 4.79 Å². The number of halogens is 1. The highest BCUT2D eigenvalue weighted by atomic mass is 79.9. The minimum absolute atomic E-state index is 0.313. The van der Waals surface area contributed by atoms with Gasteiger partial charge < -0.3 is 10.1 Å². The van der Waals surface area contributed by atoms with Crippen molar-refractivity contribution in [2.75, 3.05) is 17.2 Å². The normalized spacial score (nSPS) is 13.2. The van der Waals surface area contributed by atoms with Crippen LogP contribution in [0.1, 0.15) is 17.3 Å². The van der Waals surface area contributed by atoms with Gasteiger partial charge in [-0.05, 0) is 31.2 Å². The lowest BCUT2D eigenvalue weighted by Gasteiger charge is -2.28. The summed E-state index contributed by atoms with van der Waals surface area (Å²) in [6.45, 7) is 2.43. The topological polar surface area (TPSA) is 38.3 Å². The van der Waals surface area contributed by atoms with Gasteiger partial charge >= 0.3 is 5.97 Å². The molecule has 0 aliphatic rings. The van der Waals surface area contributed by atoms with Crippen LogP contribution in [0.5, 0.6) is 0 Å². The van der Waals surface area contributed by atoms with Gasteiger partial charge in [0.1, 0.15) is 5.60 Å². The maximum atomic E-state index is 12.2. The zero-order chi connectivity index (χ0) is 15.1. The average molecular weight is 348 g/mol. The third-order valence-electron chi connectivity index (χ3n) is 3.07. The molecule has 0 saturated carbocycles. The number of esters is 1. The summed E-state index contributed by atoms with van der Waals surface area (Å²) in [5.74, 6) is -0.313. The second kappa shape index (κ2) is 7.27. The second-order valence-electron chi connectivity index (χ2n) is 5.06. The molecule has 2 rings (SSSR count). The van der Waals surface area contributed by atoms with E-state index in [-0.39, 0.29) is 5.97 Å². The van der Waals surface area contributed by atoms with Gasteiger partial charge in [0, 0.05) is 11.0 Å². The number of alkyl halides is 1. The highest BCUT2D eigenvalue weighted by Gasteiger charge is 2.28. The zero-order valence-electron chi connectivity index (χ0n) is 11.9. The SMILES string of the molecule is CC(CBr)(CNc1ccccc1)OC(=O)c1ccccc1. The van der Waals surface area contributed by atoms with E-state index in [2.05, 4.69) is 21.2 Å². The Morgan fingerprint density at radius 3 is 2.24 bits per heavy atom. The van der Waals surface area contributed by atoms with Crippen LogP contribution < -0.4 is 5.32 Å². The largest absolute Gasteiger partial charge is 0.453 e. The van der Waals surface area contributed by atoms with Crippen molar-refractivity contribution in [3.05, 3.63) is 66.2 Å². The predicted octanol–water partition coefficient (Wildman–Crippen LogP) is 4.11. The summed E-state index contributed by atoms with van der Waals surface area (Å²) in [6, 6.07) is 18.9. The molecule has 110 valence electrons. The molecule has 21 heavy (non-hydrogen) atoms. The second-order valence-corrected chi connectivity index (χ2v) is 5.62. The summed E-state index contributed by atoms with van der Waals surface area (Å²) in [5, 5.41) is 3.84. The first-order chi connectivity index (χ1) is 10.1. The molecule has 1 unspecified atom stereocenters. The van der Waals surface area contributed by atoms with Crippen LogP contribution in [0.25, 0.3) is 0 Å². The van der Waals surface area contributed by atoms with Crippen LogP contribution in [0.3, 0.4) is 0 Å². The van der Waals surface area contributed by atoms with Crippen molar-refractivity contribution in [3.63, 3.8) is 0 Å². The predicted molar refractivity (Wildman–Crippen MR) is 89.0 cm³/mol. The van der Waals surface area contributed by atoms with Crippen LogP contribution in [0, 0.1) is 0 Å². The minimum atomic E-state index is -0.622. The van der Waals surface area contributed by atoms with Crippen LogP contribution in [0.4, 0.5) is 5.69 Å². The molecular weight excluding hydrogens is 330 g/mol. The summed E-state index contributed by atoms with van der Waals surface area (Å²) >= 11 is 3.43. The zero-order valence-corrected chi connectivity index (χ0v) is 13.5. The average Bonchev–Trinajstić information content (AvgIpc) is 2.55. The Labute approximate surface area is 133 Å². The van der Waals surface area contributed by atoms with E-state index < -0.39 is 5.60 Å². The van der Waals surface area contributed by atoms with Crippen LogP contribution in [-0.2, 0) is 4.74 Å². The lowest BCUT2D eigenvalue weighted by atomic mass is 10.1. The quantitative estimate of drug-likeness (QED) is 0.631. The first-order valence-electron chi connectivity index (χ1n) is 6.76. The molecule has 3 nitrogen and oxygen atoms in total. The van der Waals surface area contributed by atoms with E-state index in [0.29, 0.717) is 17.4 Å². The van der Waals surface area contributed by atoms with E-state index in [0.717, 1.165) is 5.69 Å². The van der Waals surface area contributed by atoms with E-state index >= 15 is 0 Å². The van der Waals surface area contributed by atoms with Gasteiger partial charge in [-0.15, -0.1) is 0 Å². The molecule has 0 aromatic heterocycles. The monoisotopic (exact) mass is 347 g/mol. The van der Waals surface area contributed by atoms with Crippen LogP contribution in [-0.4, -0.2) is 23.4 Å². The highest BCUT2D eigenvalue weighted by Crippen LogP contribution is 2.18. The molecule has 4 heteroatoms. The molecule has 0 aliphatic heterocycles. The Bertz CT molecular complexity index is 574. The number of carbonyl (C=O) groups is 1. The molecule has 2 aromatic rings. The summed E-state index contributed by atoms with van der Waals surface area (Å²) in [6.07, 6.45) is 0. The number of rotatable bonds is 6. The van der Waals surface area contributed by atoms with E-state index in [1.807, 2.05) is 55.5 Å². The van der Waals surface area contributed by atoms with Gasteiger partial charge in [-0.25, -0.2) is 4.79 Å². The Balaban J connectivity index is 1.99. The molecule has 0 bridgehead atoms. The third-order valence-corrected chi connectivity index (χ3v) is 4.26. The number of carbonyl (C=O) groups excluding carboxylic acids is 1. The highest BCUT2D eigenvalue weighted by molar-refractivity contribution is 9.09. The Hall–Kier alpha value is -1.81. The first kappa shape index (κ1) is 15.6. The minimum Gasteiger partial charge on any atom is -0.453 e. The summed E-state index contributed by atoms with van der Waals surface area (Å²) in [4.78, 5) is 12.2. The molecular formula is C17H18BrNO2. The van der Waals surface area contributed by atoms with Crippen LogP contribution in [0.2, 0.25) is 0 Å². The molecule has 2 aromatic carbocycles. The number of hydrogen-bond donors (Lipinski definition) is 1. The maximum Gasteiger partial charge on any atom is 0.338 e.